The molecule has 0 bridgehead atoms. The summed E-state index contributed by atoms with van der Waals surface area (Å²) in [5.74, 6) is 1.36. The van der Waals surface area contributed by atoms with Crippen LogP contribution in [0.15, 0.2) is 22.7 Å². The molecule has 1 fully saturated rings. The van der Waals surface area contributed by atoms with Gasteiger partial charge in [0.25, 0.3) is 0 Å². The second kappa shape index (κ2) is 4.09. The molecule has 0 spiro atoms. The van der Waals surface area contributed by atoms with Gasteiger partial charge >= 0.3 is 0 Å². The molecule has 1 saturated carbocycles. The van der Waals surface area contributed by atoms with Crippen molar-refractivity contribution in [3.05, 3.63) is 33.8 Å². The van der Waals surface area contributed by atoms with Gasteiger partial charge in [-0.15, -0.1) is 0 Å². The zero-order chi connectivity index (χ0) is 11.0. The summed E-state index contributed by atoms with van der Waals surface area (Å²) in [6, 6.07) is 6.16. The van der Waals surface area contributed by atoms with Gasteiger partial charge in [-0.1, -0.05) is 35.0 Å². The molecule has 0 saturated heterocycles. The Morgan fingerprint density at radius 3 is 2.73 bits per heavy atom. The first-order valence-corrected chi connectivity index (χ1v) is 6.15. The highest BCUT2D eigenvalue weighted by molar-refractivity contribution is 9.10. The maximum Gasteiger partial charge on any atom is 0.140 e. The number of carbonyl (C=O) groups is 1. The van der Waals surface area contributed by atoms with Crippen molar-refractivity contribution in [3.8, 4) is 0 Å². The largest absolute Gasteiger partial charge is 0.299 e. The fourth-order valence-electron chi connectivity index (χ4n) is 1.85. The lowest BCUT2D eigenvalue weighted by atomic mass is 10.0. The van der Waals surface area contributed by atoms with E-state index in [4.69, 9.17) is 0 Å². The van der Waals surface area contributed by atoms with Gasteiger partial charge < -0.3 is 0 Å². The molecule has 0 N–H and O–H groups in total. The lowest BCUT2D eigenvalue weighted by molar-refractivity contribution is -0.119. The number of benzene rings is 1. The molecule has 2 heteroatoms. The van der Waals surface area contributed by atoms with Gasteiger partial charge in [-0.05, 0) is 36.5 Å². The number of carbonyl (C=O) groups excluding carboxylic acids is 1. The smallest absolute Gasteiger partial charge is 0.140 e. The summed E-state index contributed by atoms with van der Waals surface area (Å²) in [5, 5.41) is 0. The van der Waals surface area contributed by atoms with Crippen molar-refractivity contribution >= 4 is 21.7 Å². The van der Waals surface area contributed by atoms with E-state index >= 15 is 0 Å². The lowest BCUT2D eigenvalue weighted by Gasteiger charge is -2.03. The topological polar surface area (TPSA) is 17.1 Å². The Morgan fingerprint density at radius 2 is 2.20 bits per heavy atom. The number of aryl methyl sites for hydroxylation is 1. The average Bonchev–Trinajstić information content (AvgIpc) is 2.89. The summed E-state index contributed by atoms with van der Waals surface area (Å²) in [4.78, 5) is 11.8. The van der Waals surface area contributed by atoms with Crippen LogP contribution in [0.5, 0.6) is 0 Å². The number of ketones is 1. The minimum absolute atomic E-state index is 0.338. The molecule has 2 atom stereocenters. The van der Waals surface area contributed by atoms with Crippen molar-refractivity contribution in [1.29, 1.82) is 0 Å². The van der Waals surface area contributed by atoms with Gasteiger partial charge in [-0.3, -0.25) is 4.79 Å². The summed E-state index contributed by atoms with van der Waals surface area (Å²) >= 11 is 3.49. The van der Waals surface area contributed by atoms with Crippen LogP contribution in [-0.4, -0.2) is 5.78 Å². The van der Waals surface area contributed by atoms with E-state index < -0.39 is 0 Å². The molecule has 0 radical (unpaired) electrons. The number of Topliss-reactive ketones (excluding diaryl/α,β-unsaturated/α-hetero) is 1. The van der Waals surface area contributed by atoms with Crippen LogP contribution in [-0.2, 0) is 11.2 Å². The molecule has 1 nitrogen and oxygen atoms in total. The number of rotatable bonds is 3. The quantitative estimate of drug-likeness (QED) is 0.818. The van der Waals surface area contributed by atoms with Crippen LogP contribution in [0.1, 0.15) is 24.5 Å². The number of hydrogen-bond donors (Lipinski definition) is 0. The van der Waals surface area contributed by atoms with E-state index in [1.165, 1.54) is 5.56 Å². The van der Waals surface area contributed by atoms with Gasteiger partial charge in [0.15, 0.2) is 0 Å². The zero-order valence-corrected chi connectivity index (χ0v) is 10.7. The fourth-order valence-corrected chi connectivity index (χ4v) is 2.28. The first kappa shape index (κ1) is 10.9. The Labute approximate surface area is 99.0 Å². The summed E-state index contributed by atoms with van der Waals surface area (Å²) in [5.41, 5.74) is 2.34. The Bertz CT molecular complexity index is 398. The third-order valence-corrected chi connectivity index (χ3v) is 3.99. The molecule has 1 aliphatic rings. The van der Waals surface area contributed by atoms with Crippen molar-refractivity contribution in [2.75, 3.05) is 0 Å². The highest BCUT2D eigenvalue weighted by Crippen LogP contribution is 2.39. The second-order valence-corrected chi connectivity index (χ2v) is 5.40. The van der Waals surface area contributed by atoms with Crippen LogP contribution in [0.3, 0.4) is 0 Å². The van der Waals surface area contributed by atoms with Gasteiger partial charge in [0, 0.05) is 16.8 Å². The van der Waals surface area contributed by atoms with E-state index in [-0.39, 0.29) is 0 Å². The van der Waals surface area contributed by atoms with Crippen LogP contribution in [0.2, 0.25) is 0 Å². The molecule has 0 heterocycles. The molecular formula is C13H15BrO. The maximum atomic E-state index is 11.8. The highest BCUT2D eigenvalue weighted by Gasteiger charge is 2.38. The molecule has 1 aromatic rings. The van der Waals surface area contributed by atoms with Crippen molar-refractivity contribution in [2.45, 2.75) is 26.7 Å². The first-order chi connectivity index (χ1) is 7.08. The van der Waals surface area contributed by atoms with E-state index in [2.05, 4.69) is 41.9 Å². The summed E-state index contributed by atoms with van der Waals surface area (Å²) < 4.78 is 1.09. The Hall–Kier alpha value is -0.630. The standard InChI is InChI=1S/C13H15BrO/c1-8-3-4-10(6-12(8)14)7-13(15)11-5-9(11)2/h3-4,6,9,11H,5,7H2,1-2H3. The van der Waals surface area contributed by atoms with Crippen LogP contribution < -0.4 is 0 Å². The molecule has 0 aromatic heterocycles. The maximum absolute atomic E-state index is 11.8. The van der Waals surface area contributed by atoms with Gasteiger partial charge in [-0.2, -0.15) is 0 Å². The molecule has 0 aliphatic heterocycles. The van der Waals surface area contributed by atoms with Gasteiger partial charge in [0.1, 0.15) is 5.78 Å². The molecular weight excluding hydrogens is 252 g/mol. The monoisotopic (exact) mass is 266 g/mol. The Balaban J connectivity index is 2.04. The average molecular weight is 267 g/mol. The minimum Gasteiger partial charge on any atom is -0.299 e. The van der Waals surface area contributed by atoms with E-state index in [1.54, 1.807) is 0 Å². The fraction of sp³-hybridized carbons (Fsp3) is 0.462. The molecule has 0 amide bonds. The second-order valence-electron chi connectivity index (χ2n) is 4.55. The van der Waals surface area contributed by atoms with E-state index in [0.29, 0.717) is 24.0 Å². The predicted octanol–water partition coefficient (Wildman–Crippen LogP) is 3.53. The number of hydrogen-bond acceptors (Lipinski definition) is 1. The third-order valence-electron chi connectivity index (χ3n) is 3.14. The molecule has 2 unspecified atom stereocenters. The lowest BCUT2D eigenvalue weighted by Crippen LogP contribution is -2.06. The van der Waals surface area contributed by atoms with Crippen molar-refractivity contribution < 1.29 is 4.79 Å². The van der Waals surface area contributed by atoms with Crippen LogP contribution in [0, 0.1) is 18.8 Å². The van der Waals surface area contributed by atoms with Gasteiger partial charge in [0.2, 0.25) is 0 Å². The number of halogens is 1. The van der Waals surface area contributed by atoms with Crippen LogP contribution >= 0.6 is 15.9 Å². The van der Waals surface area contributed by atoms with Gasteiger partial charge in [0.05, 0.1) is 0 Å². The van der Waals surface area contributed by atoms with E-state index in [9.17, 15) is 4.79 Å². The van der Waals surface area contributed by atoms with E-state index in [1.807, 2.05) is 6.07 Å². The Morgan fingerprint density at radius 1 is 1.53 bits per heavy atom. The normalized spacial score (nSPS) is 23.9. The van der Waals surface area contributed by atoms with Crippen LogP contribution in [0.25, 0.3) is 0 Å². The minimum atomic E-state index is 0.338. The van der Waals surface area contributed by atoms with Crippen molar-refractivity contribution in [3.63, 3.8) is 0 Å². The van der Waals surface area contributed by atoms with Gasteiger partial charge in [-0.25, -0.2) is 0 Å². The highest BCUT2D eigenvalue weighted by atomic mass is 79.9. The molecule has 80 valence electrons. The summed E-state index contributed by atoms with van der Waals surface area (Å²) in [6.45, 7) is 4.20. The molecule has 2 rings (SSSR count). The zero-order valence-electron chi connectivity index (χ0n) is 9.09. The molecule has 1 aromatic carbocycles. The summed E-state index contributed by atoms with van der Waals surface area (Å²) in [6.07, 6.45) is 1.68. The third kappa shape index (κ3) is 2.49. The van der Waals surface area contributed by atoms with Crippen molar-refractivity contribution in [2.24, 2.45) is 11.8 Å². The Kier molecular flexibility index (Phi) is 2.96. The molecule has 15 heavy (non-hydrogen) atoms. The predicted molar refractivity (Wildman–Crippen MR) is 64.9 cm³/mol. The van der Waals surface area contributed by atoms with E-state index in [0.717, 1.165) is 16.5 Å². The first-order valence-electron chi connectivity index (χ1n) is 5.35. The summed E-state index contributed by atoms with van der Waals surface area (Å²) in [7, 11) is 0. The van der Waals surface area contributed by atoms with Crippen molar-refractivity contribution in [1.82, 2.24) is 0 Å². The van der Waals surface area contributed by atoms with Crippen LogP contribution in [0.4, 0.5) is 0 Å². The SMILES string of the molecule is Cc1ccc(CC(=O)C2CC2C)cc1Br. The molecule has 1 aliphatic carbocycles.